The Morgan fingerprint density at radius 3 is 2.21 bits per heavy atom. The van der Waals surface area contributed by atoms with Crippen LogP contribution in [-0.4, -0.2) is 67.9 Å². The second kappa shape index (κ2) is 13.5. The first kappa shape index (κ1) is 27.1. The van der Waals surface area contributed by atoms with Crippen LogP contribution in [-0.2, 0) is 14.4 Å². The van der Waals surface area contributed by atoms with Gasteiger partial charge in [-0.1, -0.05) is 5.16 Å². The number of carbonyl (C=O) groups excluding carboxylic acids is 1. The van der Waals surface area contributed by atoms with E-state index in [0.29, 0.717) is 6.42 Å². The molecule has 33 heavy (non-hydrogen) atoms. The normalized spacial score (nSPS) is 13.4. The Hall–Kier alpha value is -3.95. The van der Waals surface area contributed by atoms with Crippen LogP contribution in [0.1, 0.15) is 62.3 Å². The number of aliphatic imine (C=N–C) groups is 1. The van der Waals surface area contributed by atoms with Gasteiger partial charge in [0.25, 0.3) is 0 Å². The summed E-state index contributed by atoms with van der Waals surface area (Å²) in [4.78, 5) is 53.0. The van der Waals surface area contributed by atoms with Gasteiger partial charge in [-0.15, -0.1) is 0 Å². The number of aliphatic carboxylic acids is 3. The molecule has 0 aliphatic heterocycles. The smallest absolute Gasteiger partial charge is 0.326 e. The monoisotopic (exact) mass is 472 g/mol. The van der Waals surface area contributed by atoms with Gasteiger partial charge in [-0.2, -0.15) is 4.98 Å². The molecule has 0 bridgehead atoms. The van der Waals surface area contributed by atoms with Crippen molar-refractivity contribution in [2.24, 2.45) is 22.2 Å². The maximum absolute atomic E-state index is 12.4. The maximum Gasteiger partial charge on any atom is 0.326 e. The molecule has 0 aliphatic carbocycles. The number of nitrogens with two attached hydrogens (primary N) is 3. The van der Waals surface area contributed by atoms with Gasteiger partial charge in [0.15, 0.2) is 11.8 Å². The van der Waals surface area contributed by atoms with Crippen molar-refractivity contribution >= 4 is 29.9 Å². The number of carboxylic acid groups (broad SMARTS) is 3. The molecule has 1 heterocycles. The number of hydrogen-bond acceptors (Lipinski definition) is 9. The van der Waals surface area contributed by atoms with Crippen molar-refractivity contribution in [3.8, 4) is 0 Å². The minimum absolute atomic E-state index is 0.0348. The molecule has 2 amide bonds. The number of carboxylic acids is 3. The summed E-state index contributed by atoms with van der Waals surface area (Å²) in [6, 6.07) is -4.05. The van der Waals surface area contributed by atoms with E-state index in [1.54, 1.807) is 0 Å². The number of carbonyl (C=O) groups is 4. The van der Waals surface area contributed by atoms with E-state index in [1.165, 1.54) is 0 Å². The van der Waals surface area contributed by atoms with Crippen LogP contribution in [0.2, 0.25) is 0 Å². The van der Waals surface area contributed by atoms with Gasteiger partial charge >= 0.3 is 23.9 Å². The lowest BCUT2D eigenvalue weighted by Gasteiger charge is -2.18. The van der Waals surface area contributed by atoms with E-state index < -0.39 is 48.5 Å². The molecule has 0 saturated carbocycles. The number of guanidine groups is 1. The van der Waals surface area contributed by atoms with Gasteiger partial charge in [-0.05, 0) is 25.7 Å². The SMILES string of the molecule is NC(N)=NCCC[C@H](NC(=O)N[C@@H](CCC(=O)O)C(=O)O)c1nc([C@@H](N)CCC(=O)O)no1. The predicted molar refractivity (Wildman–Crippen MR) is 111 cm³/mol. The van der Waals surface area contributed by atoms with Crippen LogP contribution in [0, 0.1) is 0 Å². The predicted octanol–water partition coefficient (Wildman–Crippen LogP) is -1.35. The number of nitrogens with one attached hydrogen (secondary N) is 2. The maximum atomic E-state index is 12.4. The number of hydrogen-bond donors (Lipinski definition) is 8. The van der Waals surface area contributed by atoms with Crippen LogP contribution in [0.4, 0.5) is 4.79 Å². The average molecular weight is 472 g/mol. The average Bonchev–Trinajstić information content (AvgIpc) is 3.21. The summed E-state index contributed by atoms with van der Waals surface area (Å²) in [5.41, 5.74) is 16.4. The van der Waals surface area contributed by atoms with E-state index >= 15 is 0 Å². The molecule has 16 heteroatoms. The minimum Gasteiger partial charge on any atom is -0.481 e. The highest BCUT2D eigenvalue weighted by Crippen LogP contribution is 2.20. The number of aromatic nitrogens is 2. The van der Waals surface area contributed by atoms with E-state index in [1.807, 2.05) is 0 Å². The highest BCUT2D eigenvalue weighted by Gasteiger charge is 2.26. The topological polar surface area (TPSA) is 282 Å². The van der Waals surface area contributed by atoms with Crippen LogP contribution in [0.15, 0.2) is 9.52 Å². The summed E-state index contributed by atoms with van der Waals surface area (Å²) in [6.45, 7) is 0.220. The second-order valence-electron chi connectivity index (χ2n) is 6.97. The molecular weight excluding hydrogens is 444 g/mol. The lowest BCUT2D eigenvalue weighted by molar-refractivity contribution is -0.141. The molecule has 0 aromatic carbocycles. The Bertz CT molecular complexity index is 854. The third kappa shape index (κ3) is 10.8. The van der Waals surface area contributed by atoms with Gasteiger partial charge < -0.3 is 47.7 Å². The quantitative estimate of drug-likeness (QED) is 0.0832. The molecule has 1 aromatic rings. The molecule has 1 rings (SSSR count). The van der Waals surface area contributed by atoms with Gasteiger partial charge in [0, 0.05) is 19.4 Å². The molecule has 11 N–H and O–H groups in total. The van der Waals surface area contributed by atoms with Crippen LogP contribution < -0.4 is 27.8 Å². The fourth-order valence-electron chi connectivity index (χ4n) is 2.59. The molecule has 184 valence electrons. The van der Waals surface area contributed by atoms with Crippen molar-refractivity contribution in [2.75, 3.05) is 6.54 Å². The zero-order valence-electron chi connectivity index (χ0n) is 17.6. The van der Waals surface area contributed by atoms with E-state index in [0.717, 1.165) is 0 Å². The Morgan fingerprint density at radius 2 is 1.64 bits per heavy atom. The van der Waals surface area contributed by atoms with Crippen molar-refractivity contribution < 1.29 is 39.0 Å². The van der Waals surface area contributed by atoms with Gasteiger partial charge in [-0.25, -0.2) is 9.59 Å². The summed E-state index contributed by atoms with van der Waals surface area (Å²) in [5.74, 6) is -3.79. The largest absolute Gasteiger partial charge is 0.481 e. The Labute approximate surface area is 187 Å². The van der Waals surface area contributed by atoms with Gasteiger partial charge in [0.1, 0.15) is 12.1 Å². The Kier molecular flexibility index (Phi) is 11.0. The van der Waals surface area contributed by atoms with E-state index in [4.69, 9.17) is 31.9 Å². The number of urea groups is 1. The summed E-state index contributed by atoms with van der Waals surface area (Å²) in [7, 11) is 0. The molecule has 3 atom stereocenters. The summed E-state index contributed by atoms with van der Waals surface area (Å²) >= 11 is 0. The molecule has 0 saturated heterocycles. The molecule has 0 aliphatic rings. The van der Waals surface area contributed by atoms with Gasteiger partial charge in [0.05, 0.1) is 6.04 Å². The van der Waals surface area contributed by atoms with Crippen molar-refractivity contribution in [1.82, 2.24) is 20.8 Å². The molecular formula is C17H28N8O8. The lowest BCUT2D eigenvalue weighted by atomic mass is 10.1. The fraction of sp³-hybridized carbons (Fsp3) is 0.588. The standard InChI is InChI=1S/C17H28N8O8/c18-8(3-5-11(26)27)13-24-14(33-25-13)9(2-1-7-21-16(19)20)22-17(32)23-10(15(30)31)4-6-12(28)29/h8-10H,1-7,18H2,(H,26,27)(H,28,29)(H,30,31)(H4,19,20,21)(H2,22,23,32)/t8-,9-,10-/m0/s1. The first-order chi connectivity index (χ1) is 15.5. The third-order valence-corrected chi connectivity index (χ3v) is 4.26. The molecule has 0 fully saturated rings. The summed E-state index contributed by atoms with van der Waals surface area (Å²) in [5, 5.41) is 35.1. The first-order valence-electron chi connectivity index (χ1n) is 9.87. The van der Waals surface area contributed by atoms with Crippen molar-refractivity contribution in [2.45, 2.75) is 56.7 Å². The fourth-order valence-corrected chi connectivity index (χ4v) is 2.59. The van der Waals surface area contributed by atoms with Crippen LogP contribution >= 0.6 is 0 Å². The number of rotatable bonds is 15. The van der Waals surface area contributed by atoms with Crippen LogP contribution in [0.25, 0.3) is 0 Å². The molecule has 0 spiro atoms. The van der Waals surface area contributed by atoms with Crippen molar-refractivity contribution in [3.63, 3.8) is 0 Å². The summed E-state index contributed by atoms with van der Waals surface area (Å²) < 4.78 is 5.15. The lowest BCUT2D eigenvalue weighted by Crippen LogP contribution is -2.47. The van der Waals surface area contributed by atoms with E-state index in [-0.39, 0.29) is 49.9 Å². The van der Waals surface area contributed by atoms with Gasteiger partial charge in [-0.3, -0.25) is 14.6 Å². The zero-order chi connectivity index (χ0) is 25.0. The Balaban J connectivity index is 2.90. The van der Waals surface area contributed by atoms with E-state index in [9.17, 15) is 24.3 Å². The van der Waals surface area contributed by atoms with Gasteiger partial charge in [0.2, 0.25) is 5.89 Å². The molecule has 0 unspecified atom stereocenters. The summed E-state index contributed by atoms with van der Waals surface area (Å²) in [6.07, 6.45) is -0.352. The number of nitrogens with zero attached hydrogens (tertiary/aromatic N) is 3. The van der Waals surface area contributed by atoms with E-state index in [2.05, 4.69) is 25.8 Å². The van der Waals surface area contributed by atoms with Crippen LogP contribution in [0.5, 0.6) is 0 Å². The first-order valence-corrected chi connectivity index (χ1v) is 9.87. The Morgan fingerprint density at radius 1 is 1.00 bits per heavy atom. The zero-order valence-corrected chi connectivity index (χ0v) is 17.6. The van der Waals surface area contributed by atoms with Crippen molar-refractivity contribution in [1.29, 1.82) is 0 Å². The molecule has 0 radical (unpaired) electrons. The number of amides is 2. The molecule has 1 aromatic heterocycles. The minimum atomic E-state index is -1.44. The highest BCUT2D eigenvalue weighted by atomic mass is 16.5. The second-order valence-corrected chi connectivity index (χ2v) is 6.97. The van der Waals surface area contributed by atoms with Crippen molar-refractivity contribution in [3.05, 3.63) is 11.7 Å². The van der Waals surface area contributed by atoms with Crippen LogP contribution in [0.3, 0.4) is 0 Å². The third-order valence-electron chi connectivity index (χ3n) is 4.26. The molecule has 16 nitrogen and oxygen atoms in total. The highest BCUT2D eigenvalue weighted by molar-refractivity contribution is 5.83.